The van der Waals surface area contributed by atoms with Crippen LogP contribution in [0, 0.1) is 16.0 Å². The van der Waals surface area contributed by atoms with Crippen LogP contribution in [-0.2, 0) is 9.53 Å². The van der Waals surface area contributed by atoms with Crippen LogP contribution in [-0.4, -0.2) is 41.4 Å². The zero-order valence-electron chi connectivity index (χ0n) is 11.6. The van der Waals surface area contributed by atoms with E-state index in [9.17, 15) is 19.7 Å². The standard InChI is InChI=1S/C13H16N2O5S/c1-2-20-13(17)9-4-3-7-14(8-9)12(16)10-5-6-11(21-10)15(18)19/h5-6,9H,2-4,7-8H2,1H3/t9-/m0/s1. The molecule has 2 heterocycles. The molecule has 1 aromatic rings. The molecular formula is C13H16N2O5S. The van der Waals surface area contributed by atoms with Gasteiger partial charge in [0.05, 0.1) is 22.3 Å². The number of hydrogen-bond acceptors (Lipinski definition) is 6. The highest BCUT2D eigenvalue weighted by Gasteiger charge is 2.30. The second kappa shape index (κ2) is 6.66. The molecule has 0 N–H and O–H groups in total. The van der Waals surface area contributed by atoms with Gasteiger partial charge in [-0.3, -0.25) is 19.7 Å². The molecular weight excluding hydrogens is 296 g/mol. The minimum absolute atomic E-state index is 0.0581. The number of ether oxygens (including phenoxy) is 1. The quantitative estimate of drug-likeness (QED) is 0.482. The first-order chi connectivity index (χ1) is 10.0. The van der Waals surface area contributed by atoms with E-state index in [4.69, 9.17) is 4.74 Å². The van der Waals surface area contributed by atoms with Crippen LogP contribution in [0.15, 0.2) is 12.1 Å². The minimum Gasteiger partial charge on any atom is -0.466 e. The second-order valence-electron chi connectivity index (χ2n) is 4.74. The van der Waals surface area contributed by atoms with E-state index < -0.39 is 4.92 Å². The first-order valence-corrected chi connectivity index (χ1v) is 7.54. The molecule has 1 aliphatic rings. The van der Waals surface area contributed by atoms with Crippen LogP contribution in [0.5, 0.6) is 0 Å². The number of carbonyl (C=O) groups is 2. The molecule has 2 rings (SSSR count). The van der Waals surface area contributed by atoms with Crippen LogP contribution in [0.1, 0.15) is 29.4 Å². The largest absolute Gasteiger partial charge is 0.466 e. The number of nitro groups is 1. The fourth-order valence-corrected chi connectivity index (χ4v) is 3.10. The predicted molar refractivity (Wildman–Crippen MR) is 76.2 cm³/mol. The van der Waals surface area contributed by atoms with Gasteiger partial charge in [-0.1, -0.05) is 11.3 Å². The number of likely N-dealkylation sites (tertiary alicyclic amines) is 1. The SMILES string of the molecule is CCOC(=O)[C@H]1CCCN(C(=O)c2ccc([N+](=O)[O-])s2)C1. The van der Waals surface area contributed by atoms with Gasteiger partial charge >= 0.3 is 11.0 Å². The van der Waals surface area contributed by atoms with Gasteiger partial charge < -0.3 is 9.64 Å². The molecule has 7 nitrogen and oxygen atoms in total. The first-order valence-electron chi connectivity index (χ1n) is 6.73. The van der Waals surface area contributed by atoms with Crippen LogP contribution in [0.2, 0.25) is 0 Å². The number of carbonyl (C=O) groups excluding carboxylic acids is 2. The van der Waals surface area contributed by atoms with Gasteiger partial charge in [0.2, 0.25) is 0 Å². The van der Waals surface area contributed by atoms with E-state index in [1.165, 1.54) is 12.1 Å². The maximum Gasteiger partial charge on any atom is 0.324 e. The lowest BCUT2D eigenvalue weighted by Crippen LogP contribution is -2.42. The van der Waals surface area contributed by atoms with Crippen LogP contribution in [0.3, 0.4) is 0 Å². The third-order valence-electron chi connectivity index (χ3n) is 3.31. The van der Waals surface area contributed by atoms with Crippen molar-refractivity contribution in [2.24, 2.45) is 5.92 Å². The Morgan fingerprint density at radius 3 is 2.90 bits per heavy atom. The highest BCUT2D eigenvalue weighted by molar-refractivity contribution is 7.17. The van der Waals surface area contributed by atoms with Crippen molar-refractivity contribution >= 4 is 28.2 Å². The Bertz CT molecular complexity index is 557. The van der Waals surface area contributed by atoms with Gasteiger partial charge in [-0.2, -0.15) is 0 Å². The minimum atomic E-state index is -0.515. The average molecular weight is 312 g/mol. The Hall–Kier alpha value is -1.96. The number of rotatable bonds is 4. The molecule has 0 aromatic carbocycles. The van der Waals surface area contributed by atoms with E-state index >= 15 is 0 Å². The lowest BCUT2D eigenvalue weighted by Gasteiger charge is -2.31. The molecule has 1 atom stereocenters. The Balaban J connectivity index is 2.04. The zero-order chi connectivity index (χ0) is 15.4. The summed E-state index contributed by atoms with van der Waals surface area (Å²) < 4.78 is 4.99. The lowest BCUT2D eigenvalue weighted by molar-refractivity contribution is -0.380. The highest BCUT2D eigenvalue weighted by Crippen LogP contribution is 2.27. The molecule has 0 radical (unpaired) electrons. The number of amides is 1. The van der Waals surface area contributed by atoms with Gasteiger partial charge in [0.1, 0.15) is 0 Å². The number of nitrogens with zero attached hydrogens (tertiary/aromatic N) is 2. The topological polar surface area (TPSA) is 89.8 Å². The first kappa shape index (κ1) is 15.4. The normalized spacial score (nSPS) is 18.3. The summed E-state index contributed by atoms with van der Waals surface area (Å²) in [5, 5.41) is 10.6. The molecule has 0 aliphatic carbocycles. The van der Waals surface area contributed by atoms with Gasteiger partial charge in [0.15, 0.2) is 0 Å². The lowest BCUT2D eigenvalue weighted by atomic mass is 9.98. The summed E-state index contributed by atoms with van der Waals surface area (Å²) in [6.07, 6.45) is 1.43. The fourth-order valence-electron chi connectivity index (χ4n) is 2.31. The predicted octanol–water partition coefficient (Wildman–Crippen LogP) is 2.07. The van der Waals surface area contributed by atoms with E-state index in [0.717, 1.165) is 17.8 Å². The van der Waals surface area contributed by atoms with Crippen LogP contribution < -0.4 is 0 Å². The fraction of sp³-hybridized carbons (Fsp3) is 0.538. The summed E-state index contributed by atoms with van der Waals surface area (Å²) in [4.78, 5) is 36.1. The van der Waals surface area contributed by atoms with Gasteiger partial charge in [-0.05, 0) is 25.8 Å². The van der Waals surface area contributed by atoms with Crippen LogP contribution >= 0.6 is 11.3 Å². The molecule has 1 aliphatic heterocycles. The summed E-state index contributed by atoms with van der Waals surface area (Å²) in [7, 11) is 0. The number of hydrogen-bond donors (Lipinski definition) is 0. The smallest absolute Gasteiger partial charge is 0.324 e. The van der Waals surface area contributed by atoms with Crippen molar-refractivity contribution in [3.05, 3.63) is 27.1 Å². The van der Waals surface area contributed by atoms with Crippen molar-refractivity contribution in [3.8, 4) is 0 Å². The molecule has 21 heavy (non-hydrogen) atoms. The molecule has 0 saturated carbocycles. The van der Waals surface area contributed by atoms with E-state index in [-0.39, 0.29) is 22.8 Å². The number of piperidine rings is 1. The summed E-state index contributed by atoms with van der Waals surface area (Å²) in [6.45, 7) is 2.93. The molecule has 1 amide bonds. The van der Waals surface area contributed by atoms with Crippen LogP contribution in [0.4, 0.5) is 5.00 Å². The summed E-state index contributed by atoms with van der Waals surface area (Å²) >= 11 is 0.856. The van der Waals surface area contributed by atoms with Crippen molar-refractivity contribution in [3.63, 3.8) is 0 Å². The van der Waals surface area contributed by atoms with Crippen molar-refractivity contribution in [2.45, 2.75) is 19.8 Å². The Morgan fingerprint density at radius 1 is 1.52 bits per heavy atom. The van der Waals surface area contributed by atoms with Crippen LogP contribution in [0.25, 0.3) is 0 Å². The molecule has 0 bridgehead atoms. The van der Waals surface area contributed by atoms with E-state index in [0.29, 0.717) is 31.0 Å². The Labute approximate surface area is 125 Å². The summed E-state index contributed by atoms with van der Waals surface area (Å²) in [6, 6.07) is 2.78. The average Bonchev–Trinajstić information content (AvgIpc) is 2.97. The Kier molecular flexibility index (Phi) is 4.89. The molecule has 8 heteroatoms. The maximum atomic E-state index is 12.3. The van der Waals surface area contributed by atoms with Crippen molar-refractivity contribution in [1.82, 2.24) is 4.90 Å². The number of thiophene rings is 1. The number of esters is 1. The van der Waals surface area contributed by atoms with Gasteiger partial charge in [0, 0.05) is 19.2 Å². The summed E-state index contributed by atoms with van der Waals surface area (Å²) in [5.41, 5.74) is 0. The third kappa shape index (κ3) is 3.57. The zero-order valence-corrected chi connectivity index (χ0v) is 12.4. The molecule has 0 unspecified atom stereocenters. The third-order valence-corrected chi connectivity index (χ3v) is 4.34. The maximum absolute atomic E-state index is 12.3. The van der Waals surface area contributed by atoms with Crippen molar-refractivity contribution in [2.75, 3.05) is 19.7 Å². The molecule has 1 fully saturated rings. The molecule has 114 valence electrons. The Morgan fingerprint density at radius 2 is 2.29 bits per heavy atom. The highest BCUT2D eigenvalue weighted by atomic mass is 32.1. The van der Waals surface area contributed by atoms with E-state index in [1.54, 1.807) is 11.8 Å². The molecule has 1 saturated heterocycles. The van der Waals surface area contributed by atoms with Gasteiger partial charge in [0.25, 0.3) is 5.91 Å². The monoisotopic (exact) mass is 312 g/mol. The molecule has 0 spiro atoms. The van der Waals surface area contributed by atoms with E-state index in [1.807, 2.05) is 0 Å². The van der Waals surface area contributed by atoms with Gasteiger partial charge in [-0.15, -0.1) is 0 Å². The summed E-state index contributed by atoms with van der Waals surface area (Å²) in [5.74, 6) is -0.855. The van der Waals surface area contributed by atoms with E-state index in [2.05, 4.69) is 0 Å². The van der Waals surface area contributed by atoms with Gasteiger partial charge in [-0.25, -0.2) is 0 Å². The molecule has 1 aromatic heterocycles. The van der Waals surface area contributed by atoms with Crippen molar-refractivity contribution < 1.29 is 19.2 Å². The second-order valence-corrected chi connectivity index (χ2v) is 5.80. The van der Waals surface area contributed by atoms with Crippen molar-refractivity contribution in [1.29, 1.82) is 0 Å².